The minimum atomic E-state index is -0.398. The third-order valence-electron chi connectivity index (χ3n) is 2.41. The number of carbonyl (C=O) groups excluding carboxylic acids is 1. The average molecular weight is 303 g/mol. The molecule has 1 rings (SSSR count). The molecular weight excluding hydrogens is 288 g/mol. The Morgan fingerprint density at radius 3 is 2.65 bits per heavy atom. The number of likely N-dealkylation sites (N-methyl/N-ethyl adjacent to an activating group) is 1. The van der Waals surface area contributed by atoms with E-state index in [0.29, 0.717) is 13.1 Å². The highest BCUT2D eigenvalue weighted by Gasteiger charge is 2.13. The fraction of sp³-hybridized carbons (Fsp3) is 0.500. The van der Waals surface area contributed by atoms with E-state index in [-0.39, 0.29) is 22.6 Å². The summed E-state index contributed by atoms with van der Waals surface area (Å²) in [6.45, 7) is 4.92. The molecule has 0 radical (unpaired) electrons. The Hall–Kier alpha value is -1.37. The van der Waals surface area contributed by atoms with Gasteiger partial charge < -0.3 is 10.6 Å². The van der Waals surface area contributed by atoms with Crippen LogP contribution in [-0.2, 0) is 11.3 Å². The van der Waals surface area contributed by atoms with Crippen molar-refractivity contribution in [3.05, 3.63) is 21.0 Å². The molecule has 1 aromatic rings. The summed E-state index contributed by atoms with van der Waals surface area (Å²) < 4.78 is 1.33. The molecule has 0 saturated carbocycles. The predicted octanol–water partition coefficient (Wildman–Crippen LogP) is 0.456. The third kappa shape index (κ3) is 3.06. The standard InChI is InChI=1S/C10H15BrN4O2/c1-3-14(4-2)8(16)6-15-10(17)9(11)7(12)5-13-15/h5H,3-4,6,12H2,1-2H3. The Labute approximate surface area is 108 Å². The SMILES string of the molecule is CCN(CC)C(=O)Cn1ncc(N)c(Br)c1=O. The molecule has 1 amide bonds. The quantitative estimate of drug-likeness (QED) is 0.876. The maximum Gasteiger partial charge on any atom is 0.283 e. The minimum Gasteiger partial charge on any atom is -0.396 e. The van der Waals surface area contributed by atoms with Gasteiger partial charge in [-0.25, -0.2) is 4.68 Å². The van der Waals surface area contributed by atoms with E-state index in [1.807, 2.05) is 13.8 Å². The smallest absolute Gasteiger partial charge is 0.283 e. The summed E-state index contributed by atoms with van der Waals surface area (Å²) >= 11 is 3.07. The molecule has 0 aliphatic rings. The molecule has 1 aromatic heterocycles. The monoisotopic (exact) mass is 302 g/mol. The zero-order valence-electron chi connectivity index (χ0n) is 9.81. The van der Waals surface area contributed by atoms with Gasteiger partial charge in [-0.1, -0.05) is 0 Å². The zero-order chi connectivity index (χ0) is 13.0. The lowest BCUT2D eigenvalue weighted by atomic mass is 10.4. The van der Waals surface area contributed by atoms with Crippen molar-refractivity contribution in [3.63, 3.8) is 0 Å². The number of nitrogen functional groups attached to an aromatic ring is 1. The number of hydrogen-bond donors (Lipinski definition) is 1. The maximum absolute atomic E-state index is 11.8. The number of nitrogens with two attached hydrogens (primary N) is 1. The number of anilines is 1. The van der Waals surface area contributed by atoms with E-state index in [4.69, 9.17) is 5.73 Å². The van der Waals surface area contributed by atoms with Crippen molar-refractivity contribution in [3.8, 4) is 0 Å². The van der Waals surface area contributed by atoms with Crippen LogP contribution in [0.25, 0.3) is 0 Å². The summed E-state index contributed by atoms with van der Waals surface area (Å²) in [5, 5.41) is 3.83. The highest BCUT2D eigenvalue weighted by molar-refractivity contribution is 9.10. The highest BCUT2D eigenvalue weighted by atomic mass is 79.9. The van der Waals surface area contributed by atoms with Gasteiger partial charge in [0.2, 0.25) is 5.91 Å². The summed E-state index contributed by atoms with van der Waals surface area (Å²) in [5.74, 6) is -0.138. The van der Waals surface area contributed by atoms with Crippen LogP contribution in [-0.4, -0.2) is 33.7 Å². The predicted molar refractivity (Wildman–Crippen MR) is 68.5 cm³/mol. The molecule has 0 atom stereocenters. The van der Waals surface area contributed by atoms with Crippen molar-refractivity contribution in [1.82, 2.24) is 14.7 Å². The van der Waals surface area contributed by atoms with E-state index in [0.717, 1.165) is 4.68 Å². The number of carbonyl (C=O) groups is 1. The van der Waals surface area contributed by atoms with E-state index >= 15 is 0 Å². The highest BCUT2D eigenvalue weighted by Crippen LogP contribution is 2.10. The number of amides is 1. The van der Waals surface area contributed by atoms with Crippen LogP contribution in [0.3, 0.4) is 0 Å². The molecular formula is C10H15BrN4O2. The maximum atomic E-state index is 11.8. The van der Waals surface area contributed by atoms with Crippen LogP contribution in [0, 0.1) is 0 Å². The van der Waals surface area contributed by atoms with E-state index in [1.54, 1.807) is 4.90 Å². The van der Waals surface area contributed by atoms with Gasteiger partial charge in [-0.05, 0) is 29.8 Å². The molecule has 6 nitrogen and oxygen atoms in total. The van der Waals surface area contributed by atoms with Gasteiger partial charge in [0.25, 0.3) is 5.56 Å². The first-order valence-corrected chi connectivity index (χ1v) is 6.09. The lowest BCUT2D eigenvalue weighted by Gasteiger charge is -2.18. The Morgan fingerprint density at radius 2 is 2.12 bits per heavy atom. The van der Waals surface area contributed by atoms with E-state index in [2.05, 4.69) is 21.0 Å². The van der Waals surface area contributed by atoms with E-state index in [9.17, 15) is 9.59 Å². The molecule has 0 unspecified atom stereocenters. The Morgan fingerprint density at radius 1 is 1.53 bits per heavy atom. The van der Waals surface area contributed by atoms with Crippen LogP contribution in [0.2, 0.25) is 0 Å². The number of rotatable bonds is 4. The number of hydrogen-bond acceptors (Lipinski definition) is 4. The van der Waals surface area contributed by atoms with Crippen molar-refractivity contribution in [2.24, 2.45) is 0 Å². The van der Waals surface area contributed by atoms with Gasteiger partial charge in [0, 0.05) is 13.1 Å². The normalized spacial score (nSPS) is 10.3. The number of aromatic nitrogens is 2. The molecule has 94 valence electrons. The molecule has 0 bridgehead atoms. The topological polar surface area (TPSA) is 81.2 Å². The molecule has 17 heavy (non-hydrogen) atoms. The lowest BCUT2D eigenvalue weighted by molar-refractivity contribution is -0.131. The molecule has 2 N–H and O–H groups in total. The second-order valence-corrected chi connectivity index (χ2v) is 4.24. The Kier molecular flexibility index (Phi) is 4.68. The van der Waals surface area contributed by atoms with Crippen LogP contribution in [0.5, 0.6) is 0 Å². The van der Waals surface area contributed by atoms with Crippen molar-refractivity contribution in [2.75, 3.05) is 18.8 Å². The minimum absolute atomic E-state index is 0.0700. The van der Waals surface area contributed by atoms with Crippen molar-refractivity contribution < 1.29 is 4.79 Å². The number of nitrogens with zero attached hydrogens (tertiary/aromatic N) is 3. The Balaban J connectivity index is 2.93. The fourth-order valence-electron chi connectivity index (χ4n) is 1.39. The van der Waals surface area contributed by atoms with Gasteiger partial charge in [-0.15, -0.1) is 0 Å². The summed E-state index contributed by atoms with van der Waals surface area (Å²) in [6, 6.07) is 0. The third-order valence-corrected chi connectivity index (χ3v) is 3.21. The molecule has 0 aromatic carbocycles. The van der Waals surface area contributed by atoms with Crippen LogP contribution in [0.15, 0.2) is 15.5 Å². The zero-order valence-corrected chi connectivity index (χ0v) is 11.4. The average Bonchev–Trinajstić information content (AvgIpc) is 2.31. The largest absolute Gasteiger partial charge is 0.396 e. The van der Waals surface area contributed by atoms with Gasteiger partial charge in [0.15, 0.2) is 0 Å². The van der Waals surface area contributed by atoms with Crippen LogP contribution in [0.4, 0.5) is 5.69 Å². The first kappa shape index (κ1) is 13.7. The molecule has 0 fully saturated rings. The first-order chi connectivity index (χ1) is 8.01. The number of halogens is 1. The van der Waals surface area contributed by atoms with Crippen LogP contribution >= 0.6 is 15.9 Å². The van der Waals surface area contributed by atoms with Crippen molar-refractivity contribution in [2.45, 2.75) is 20.4 Å². The van der Waals surface area contributed by atoms with Gasteiger partial charge in [-0.2, -0.15) is 5.10 Å². The van der Waals surface area contributed by atoms with Crippen LogP contribution in [0.1, 0.15) is 13.8 Å². The van der Waals surface area contributed by atoms with Gasteiger partial charge in [0.1, 0.15) is 11.0 Å². The van der Waals surface area contributed by atoms with E-state index < -0.39 is 5.56 Å². The van der Waals surface area contributed by atoms with E-state index in [1.165, 1.54) is 6.20 Å². The summed E-state index contributed by atoms with van der Waals surface area (Å²) in [5.41, 5.74) is 5.38. The molecule has 0 aliphatic heterocycles. The summed E-state index contributed by atoms with van der Waals surface area (Å²) in [7, 11) is 0. The fourth-order valence-corrected chi connectivity index (χ4v) is 1.70. The van der Waals surface area contributed by atoms with Gasteiger partial charge in [-0.3, -0.25) is 9.59 Å². The van der Waals surface area contributed by atoms with Gasteiger partial charge >= 0.3 is 0 Å². The molecule has 0 spiro atoms. The second-order valence-electron chi connectivity index (χ2n) is 3.44. The molecule has 1 heterocycles. The Bertz CT molecular complexity index is 468. The molecule has 0 saturated heterocycles. The summed E-state index contributed by atoms with van der Waals surface area (Å²) in [4.78, 5) is 25.2. The second kappa shape index (κ2) is 5.81. The molecule has 7 heteroatoms. The summed E-state index contributed by atoms with van der Waals surface area (Å²) in [6.07, 6.45) is 1.35. The molecule has 0 aliphatic carbocycles. The van der Waals surface area contributed by atoms with Gasteiger partial charge in [0.05, 0.1) is 11.9 Å². The van der Waals surface area contributed by atoms with Crippen LogP contribution < -0.4 is 11.3 Å². The first-order valence-electron chi connectivity index (χ1n) is 5.30. The lowest BCUT2D eigenvalue weighted by Crippen LogP contribution is -2.37. The van der Waals surface area contributed by atoms with Crippen molar-refractivity contribution in [1.29, 1.82) is 0 Å². The van der Waals surface area contributed by atoms with Crippen molar-refractivity contribution >= 4 is 27.5 Å².